The van der Waals surface area contributed by atoms with Crippen molar-refractivity contribution in [3.05, 3.63) is 85.5 Å². The van der Waals surface area contributed by atoms with Gasteiger partial charge < -0.3 is 10.2 Å². The largest absolute Gasteiger partial charge is 0.324 e. The highest BCUT2D eigenvalue weighted by molar-refractivity contribution is 9.11. The van der Waals surface area contributed by atoms with E-state index >= 15 is 0 Å². The van der Waals surface area contributed by atoms with Crippen LogP contribution >= 0.6 is 27.3 Å². The van der Waals surface area contributed by atoms with Crippen molar-refractivity contribution in [2.24, 2.45) is 0 Å². The van der Waals surface area contributed by atoms with Crippen LogP contribution in [0, 0.1) is 20.8 Å². The van der Waals surface area contributed by atoms with Gasteiger partial charge in [0, 0.05) is 12.2 Å². The molecule has 150 valence electrons. The molecule has 1 aromatic heterocycles. The van der Waals surface area contributed by atoms with Crippen LogP contribution in [0.15, 0.2) is 58.4 Å². The standard InChI is InChI=1S/C15H13BrN2O2S.C8H10/c1-9-2-3-11-10(6-9)7-18(8-14(19)17-11)15(20)12-4-5-13(16)21-12;1-7-4-3-5-8(2)6-7/h2-6H,7-8H2,1H3,(H,17,19);3-6H,1-2H3. The summed E-state index contributed by atoms with van der Waals surface area (Å²) in [7, 11) is 0. The first-order valence-electron chi connectivity index (χ1n) is 9.29. The third-order valence-electron chi connectivity index (χ3n) is 4.48. The van der Waals surface area contributed by atoms with E-state index < -0.39 is 0 Å². The SMILES string of the molecule is Cc1ccc2c(c1)CN(C(=O)c1ccc(Br)s1)CC(=O)N2.Cc1cccc(C)c1. The maximum Gasteiger partial charge on any atom is 0.264 e. The highest BCUT2D eigenvalue weighted by Gasteiger charge is 2.25. The Balaban J connectivity index is 0.000000252. The first-order chi connectivity index (χ1) is 13.8. The molecule has 1 aliphatic rings. The summed E-state index contributed by atoms with van der Waals surface area (Å²) in [5.41, 5.74) is 5.53. The van der Waals surface area contributed by atoms with Crippen molar-refractivity contribution in [2.45, 2.75) is 27.3 Å². The zero-order valence-electron chi connectivity index (χ0n) is 16.7. The number of hydrogen-bond acceptors (Lipinski definition) is 3. The van der Waals surface area contributed by atoms with Crippen molar-refractivity contribution in [3.63, 3.8) is 0 Å². The van der Waals surface area contributed by atoms with Gasteiger partial charge in [0.25, 0.3) is 5.91 Å². The van der Waals surface area contributed by atoms with Gasteiger partial charge in [-0.2, -0.15) is 0 Å². The third-order valence-corrected chi connectivity index (χ3v) is 6.09. The minimum Gasteiger partial charge on any atom is -0.324 e. The normalized spacial score (nSPS) is 13.0. The van der Waals surface area contributed by atoms with E-state index in [0.717, 1.165) is 20.6 Å². The molecule has 29 heavy (non-hydrogen) atoms. The van der Waals surface area contributed by atoms with E-state index in [2.05, 4.69) is 59.4 Å². The van der Waals surface area contributed by atoms with Crippen LogP contribution in [0.25, 0.3) is 0 Å². The van der Waals surface area contributed by atoms with Gasteiger partial charge in [-0.25, -0.2) is 0 Å². The van der Waals surface area contributed by atoms with Crippen molar-refractivity contribution >= 4 is 44.8 Å². The van der Waals surface area contributed by atoms with Crippen LogP contribution in [-0.2, 0) is 11.3 Å². The van der Waals surface area contributed by atoms with Gasteiger partial charge in [-0.3, -0.25) is 9.59 Å². The quantitative estimate of drug-likeness (QED) is 0.494. The minimum absolute atomic E-state index is 0.0715. The molecule has 0 atom stereocenters. The van der Waals surface area contributed by atoms with E-state index in [4.69, 9.17) is 0 Å². The zero-order chi connectivity index (χ0) is 21.0. The molecular formula is C23H23BrN2O2S. The fraction of sp³-hybridized carbons (Fsp3) is 0.217. The summed E-state index contributed by atoms with van der Waals surface area (Å²) >= 11 is 4.73. The molecular weight excluding hydrogens is 448 g/mol. The topological polar surface area (TPSA) is 49.4 Å². The lowest BCUT2D eigenvalue weighted by atomic mass is 10.1. The van der Waals surface area contributed by atoms with E-state index in [1.165, 1.54) is 22.5 Å². The smallest absolute Gasteiger partial charge is 0.264 e. The molecule has 4 rings (SSSR count). The third kappa shape index (κ3) is 5.78. The summed E-state index contributed by atoms with van der Waals surface area (Å²) in [6.07, 6.45) is 0. The molecule has 3 aromatic rings. The van der Waals surface area contributed by atoms with E-state index in [1.54, 1.807) is 11.0 Å². The van der Waals surface area contributed by atoms with E-state index in [0.29, 0.717) is 11.4 Å². The molecule has 2 amide bonds. The fourth-order valence-corrected chi connectivity index (χ4v) is 4.49. The second kappa shape index (κ2) is 9.37. The summed E-state index contributed by atoms with van der Waals surface area (Å²) in [6.45, 7) is 6.71. The summed E-state index contributed by atoms with van der Waals surface area (Å²) in [5.74, 6) is -0.281. The molecule has 6 heteroatoms. The van der Waals surface area contributed by atoms with Crippen LogP contribution < -0.4 is 5.32 Å². The van der Waals surface area contributed by atoms with Gasteiger partial charge in [0.2, 0.25) is 5.91 Å². The number of fused-ring (bicyclic) bond motifs is 1. The highest BCUT2D eigenvalue weighted by Crippen LogP contribution is 2.26. The molecule has 2 heterocycles. The van der Waals surface area contributed by atoms with Gasteiger partial charge in [-0.05, 0) is 60.5 Å². The number of amides is 2. The number of benzene rings is 2. The monoisotopic (exact) mass is 470 g/mol. The number of carbonyl (C=O) groups excluding carboxylic acids is 2. The lowest BCUT2D eigenvalue weighted by Crippen LogP contribution is -2.34. The highest BCUT2D eigenvalue weighted by atomic mass is 79.9. The molecule has 0 saturated carbocycles. The van der Waals surface area contributed by atoms with Crippen LogP contribution in [0.3, 0.4) is 0 Å². The average Bonchev–Trinajstić information content (AvgIpc) is 3.02. The number of rotatable bonds is 1. The van der Waals surface area contributed by atoms with Crippen molar-refractivity contribution in [3.8, 4) is 0 Å². The van der Waals surface area contributed by atoms with E-state index in [9.17, 15) is 9.59 Å². The maximum atomic E-state index is 12.5. The Morgan fingerprint density at radius 3 is 2.24 bits per heavy atom. The summed E-state index contributed by atoms with van der Waals surface area (Å²) in [5, 5.41) is 2.85. The number of nitrogens with one attached hydrogen (secondary N) is 1. The van der Waals surface area contributed by atoms with Crippen molar-refractivity contribution in [1.82, 2.24) is 4.90 Å². The van der Waals surface area contributed by atoms with Gasteiger partial charge in [0.1, 0.15) is 6.54 Å². The minimum atomic E-state index is -0.165. The molecule has 0 radical (unpaired) electrons. The number of aryl methyl sites for hydroxylation is 3. The Labute approximate surface area is 183 Å². The Kier molecular flexibility index (Phi) is 6.87. The maximum absolute atomic E-state index is 12.5. The molecule has 0 unspecified atom stereocenters. The van der Waals surface area contributed by atoms with Crippen LogP contribution in [0.4, 0.5) is 5.69 Å². The lowest BCUT2D eigenvalue weighted by Gasteiger charge is -2.18. The molecule has 1 aliphatic heterocycles. The summed E-state index contributed by atoms with van der Waals surface area (Å²) in [4.78, 5) is 26.7. The second-order valence-electron chi connectivity index (χ2n) is 7.13. The molecule has 4 nitrogen and oxygen atoms in total. The lowest BCUT2D eigenvalue weighted by molar-refractivity contribution is -0.116. The Morgan fingerprint density at radius 1 is 0.966 bits per heavy atom. The van der Waals surface area contributed by atoms with Gasteiger partial charge in [0.05, 0.1) is 8.66 Å². The predicted octanol–water partition coefficient (Wildman–Crippen LogP) is 5.72. The number of thiophene rings is 1. The van der Waals surface area contributed by atoms with Crippen LogP contribution in [0.1, 0.15) is 31.9 Å². The molecule has 0 bridgehead atoms. The van der Waals surface area contributed by atoms with Gasteiger partial charge in [-0.1, -0.05) is 53.1 Å². The van der Waals surface area contributed by atoms with E-state index in [1.807, 2.05) is 31.2 Å². The molecule has 0 aliphatic carbocycles. The number of hydrogen-bond donors (Lipinski definition) is 1. The Hall–Kier alpha value is -2.44. The predicted molar refractivity (Wildman–Crippen MR) is 122 cm³/mol. The molecule has 0 saturated heterocycles. The number of halogens is 1. The Bertz CT molecular complexity index is 1030. The van der Waals surface area contributed by atoms with Crippen LogP contribution in [0.5, 0.6) is 0 Å². The van der Waals surface area contributed by atoms with Crippen molar-refractivity contribution in [1.29, 1.82) is 0 Å². The molecule has 0 fully saturated rings. The van der Waals surface area contributed by atoms with Crippen LogP contribution in [-0.4, -0.2) is 23.3 Å². The molecule has 2 aromatic carbocycles. The number of anilines is 1. The van der Waals surface area contributed by atoms with Crippen molar-refractivity contribution < 1.29 is 9.59 Å². The fourth-order valence-electron chi connectivity index (χ4n) is 3.14. The zero-order valence-corrected chi connectivity index (χ0v) is 19.1. The van der Waals surface area contributed by atoms with Crippen LogP contribution in [0.2, 0.25) is 0 Å². The van der Waals surface area contributed by atoms with Crippen molar-refractivity contribution in [2.75, 3.05) is 11.9 Å². The number of nitrogens with zero attached hydrogens (tertiary/aromatic N) is 1. The first-order valence-corrected chi connectivity index (χ1v) is 10.9. The summed E-state index contributed by atoms with van der Waals surface area (Å²) in [6, 6.07) is 17.9. The first kappa shape index (κ1) is 21.3. The summed E-state index contributed by atoms with van der Waals surface area (Å²) < 4.78 is 0.904. The second-order valence-corrected chi connectivity index (χ2v) is 9.59. The average molecular weight is 471 g/mol. The molecule has 0 spiro atoms. The van der Waals surface area contributed by atoms with Gasteiger partial charge in [-0.15, -0.1) is 11.3 Å². The van der Waals surface area contributed by atoms with Gasteiger partial charge >= 0.3 is 0 Å². The van der Waals surface area contributed by atoms with E-state index in [-0.39, 0.29) is 18.4 Å². The Morgan fingerprint density at radius 2 is 1.66 bits per heavy atom. The number of carbonyl (C=O) groups is 2. The van der Waals surface area contributed by atoms with Gasteiger partial charge in [0.15, 0.2) is 0 Å². The molecule has 1 N–H and O–H groups in total.